The van der Waals surface area contributed by atoms with Gasteiger partial charge in [0.05, 0.1) is 7.11 Å². The van der Waals surface area contributed by atoms with E-state index < -0.39 is 0 Å². The Morgan fingerprint density at radius 3 is 2.81 bits per heavy atom. The Labute approximate surface area is 159 Å². The summed E-state index contributed by atoms with van der Waals surface area (Å²) < 4.78 is 5.52. The molecule has 1 aliphatic rings. The van der Waals surface area contributed by atoms with Crippen LogP contribution in [0.15, 0.2) is 60.2 Å². The lowest BCUT2D eigenvalue weighted by Gasteiger charge is -2.21. The standard InChI is InChI=1S/C23H24N2O2/c1-27-22-11-10-21-20(14-23(26)25-21)19(22)9-5-8-17-15-24-13-12-18(17)16-6-3-2-4-7-16/h2-7,9-11,14,24-26H,8,12-13,15H2,1H3. The van der Waals surface area contributed by atoms with E-state index in [9.17, 15) is 5.11 Å². The summed E-state index contributed by atoms with van der Waals surface area (Å²) in [7, 11) is 1.67. The molecular formula is C23H24N2O2. The molecule has 0 spiro atoms. The van der Waals surface area contributed by atoms with Gasteiger partial charge in [-0.2, -0.15) is 0 Å². The zero-order valence-corrected chi connectivity index (χ0v) is 15.5. The largest absolute Gasteiger partial charge is 0.496 e. The van der Waals surface area contributed by atoms with Crippen LogP contribution in [0.25, 0.3) is 22.6 Å². The molecule has 2 heterocycles. The van der Waals surface area contributed by atoms with Crippen LogP contribution in [0, 0.1) is 0 Å². The van der Waals surface area contributed by atoms with Crippen LogP contribution in [-0.2, 0) is 0 Å². The van der Waals surface area contributed by atoms with Crippen molar-refractivity contribution in [1.82, 2.24) is 10.3 Å². The first kappa shape index (κ1) is 17.4. The van der Waals surface area contributed by atoms with E-state index in [1.54, 1.807) is 13.2 Å². The molecule has 1 aromatic heterocycles. The third-order valence-corrected chi connectivity index (χ3v) is 5.10. The molecule has 27 heavy (non-hydrogen) atoms. The minimum atomic E-state index is 0.165. The minimum Gasteiger partial charge on any atom is -0.496 e. The van der Waals surface area contributed by atoms with Crippen molar-refractivity contribution < 1.29 is 9.84 Å². The summed E-state index contributed by atoms with van der Waals surface area (Å²) in [5.74, 6) is 0.968. The predicted molar refractivity (Wildman–Crippen MR) is 111 cm³/mol. The molecule has 0 bridgehead atoms. The monoisotopic (exact) mass is 360 g/mol. The van der Waals surface area contributed by atoms with E-state index in [0.717, 1.165) is 48.1 Å². The van der Waals surface area contributed by atoms with Crippen molar-refractivity contribution in [1.29, 1.82) is 0 Å². The van der Waals surface area contributed by atoms with Crippen LogP contribution in [0.5, 0.6) is 11.6 Å². The minimum absolute atomic E-state index is 0.165. The van der Waals surface area contributed by atoms with Crippen molar-refractivity contribution in [3.8, 4) is 11.6 Å². The number of benzene rings is 2. The van der Waals surface area contributed by atoms with Gasteiger partial charge in [0, 0.05) is 29.1 Å². The Morgan fingerprint density at radius 1 is 1.15 bits per heavy atom. The maximum atomic E-state index is 9.80. The first-order valence-corrected chi connectivity index (χ1v) is 9.28. The number of nitrogens with one attached hydrogen (secondary N) is 2. The quantitative estimate of drug-likeness (QED) is 0.616. The first-order valence-electron chi connectivity index (χ1n) is 9.28. The molecule has 3 N–H and O–H groups in total. The van der Waals surface area contributed by atoms with Crippen LogP contribution in [0.2, 0.25) is 0 Å². The Hall–Kier alpha value is -2.98. The van der Waals surface area contributed by atoms with E-state index in [4.69, 9.17) is 4.74 Å². The Kier molecular flexibility index (Phi) is 4.99. The maximum absolute atomic E-state index is 9.80. The fourth-order valence-corrected chi connectivity index (χ4v) is 3.78. The number of aromatic amines is 1. The molecule has 4 nitrogen and oxygen atoms in total. The molecule has 0 saturated carbocycles. The predicted octanol–water partition coefficient (Wildman–Crippen LogP) is 4.73. The van der Waals surface area contributed by atoms with Gasteiger partial charge in [0.1, 0.15) is 5.75 Å². The van der Waals surface area contributed by atoms with Crippen molar-refractivity contribution in [2.24, 2.45) is 0 Å². The molecule has 0 fully saturated rings. The second-order valence-electron chi connectivity index (χ2n) is 6.78. The highest BCUT2D eigenvalue weighted by atomic mass is 16.5. The van der Waals surface area contributed by atoms with Crippen LogP contribution >= 0.6 is 0 Å². The van der Waals surface area contributed by atoms with Gasteiger partial charge in [0.25, 0.3) is 0 Å². The summed E-state index contributed by atoms with van der Waals surface area (Å²) in [5.41, 5.74) is 6.07. The molecule has 0 radical (unpaired) electrons. The van der Waals surface area contributed by atoms with Crippen molar-refractivity contribution in [2.45, 2.75) is 12.8 Å². The average molecular weight is 360 g/mol. The van der Waals surface area contributed by atoms with Crippen LogP contribution in [0.4, 0.5) is 0 Å². The lowest BCUT2D eigenvalue weighted by atomic mass is 9.92. The number of hydrogen-bond acceptors (Lipinski definition) is 3. The number of hydrogen-bond donors (Lipinski definition) is 3. The zero-order chi connectivity index (χ0) is 18.6. The van der Waals surface area contributed by atoms with Gasteiger partial charge in [-0.15, -0.1) is 0 Å². The summed E-state index contributed by atoms with van der Waals surface area (Å²) in [6.45, 7) is 1.94. The van der Waals surface area contributed by atoms with Gasteiger partial charge in [-0.1, -0.05) is 42.5 Å². The smallest absolute Gasteiger partial charge is 0.189 e. The third kappa shape index (κ3) is 3.62. The highest BCUT2D eigenvalue weighted by molar-refractivity contribution is 5.92. The van der Waals surface area contributed by atoms with Gasteiger partial charge < -0.3 is 20.1 Å². The van der Waals surface area contributed by atoms with Gasteiger partial charge in [-0.25, -0.2) is 0 Å². The van der Waals surface area contributed by atoms with Crippen molar-refractivity contribution in [2.75, 3.05) is 20.2 Å². The average Bonchev–Trinajstić information content (AvgIpc) is 3.09. The lowest BCUT2D eigenvalue weighted by molar-refractivity contribution is 0.414. The molecule has 4 rings (SSSR count). The molecule has 1 aliphatic heterocycles. The van der Waals surface area contributed by atoms with E-state index in [1.807, 2.05) is 12.1 Å². The number of allylic oxidation sites excluding steroid dienone is 1. The van der Waals surface area contributed by atoms with Crippen molar-refractivity contribution in [3.63, 3.8) is 0 Å². The number of H-pyrrole nitrogens is 1. The number of fused-ring (bicyclic) bond motifs is 1. The Morgan fingerprint density at radius 2 is 2.00 bits per heavy atom. The highest BCUT2D eigenvalue weighted by Crippen LogP contribution is 2.32. The van der Waals surface area contributed by atoms with Crippen LogP contribution in [-0.4, -0.2) is 30.3 Å². The SMILES string of the molecule is COc1ccc2[nH]c(O)cc2c1C=CCC1=C(c2ccccc2)CCNC1. The van der Waals surface area contributed by atoms with Gasteiger partial charge >= 0.3 is 0 Å². The van der Waals surface area contributed by atoms with Crippen LogP contribution in [0.3, 0.4) is 0 Å². The third-order valence-electron chi connectivity index (χ3n) is 5.10. The fourth-order valence-electron chi connectivity index (χ4n) is 3.78. The first-order chi connectivity index (χ1) is 13.3. The van der Waals surface area contributed by atoms with Gasteiger partial charge in [0.15, 0.2) is 5.88 Å². The number of ether oxygens (including phenoxy) is 1. The molecule has 138 valence electrons. The van der Waals surface area contributed by atoms with Crippen molar-refractivity contribution >= 4 is 22.6 Å². The molecule has 3 aromatic rings. The van der Waals surface area contributed by atoms with E-state index >= 15 is 0 Å². The maximum Gasteiger partial charge on any atom is 0.189 e. The van der Waals surface area contributed by atoms with E-state index in [1.165, 1.54) is 16.7 Å². The summed E-state index contributed by atoms with van der Waals surface area (Å²) in [6.07, 6.45) is 6.22. The van der Waals surface area contributed by atoms with Crippen molar-refractivity contribution in [3.05, 3.63) is 71.3 Å². The molecule has 0 atom stereocenters. The number of aromatic hydroxyl groups is 1. The number of rotatable bonds is 5. The molecular weight excluding hydrogens is 336 g/mol. The highest BCUT2D eigenvalue weighted by Gasteiger charge is 2.13. The fraction of sp³-hybridized carbons (Fsp3) is 0.217. The Balaban J connectivity index is 1.65. The van der Waals surface area contributed by atoms with Crippen LogP contribution in [0.1, 0.15) is 24.0 Å². The number of aromatic nitrogens is 1. The molecule has 0 aliphatic carbocycles. The second kappa shape index (κ2) is 7.72. The molecule has 0 saturated heterocycles. The second-order valence-corrected chi connectivity index (χ2v) is 6.78. The topological polar surface area (TPSA) is 57.3 Å². The summed E-state index contributed by atoms with van der Waals surface area (Å²) in [5, 5.41) is 14.2. The summed E-state index contributed by atoms with van der Waals surface area (Å²) in [4.78, 5) is 2.97. The van der Waals surface area contributed by atoms with Gasteiger partial charge in [-0.05, 0) is 48.2 Å². The van der Waals surface area contributed by atoms with Crippen LogP contribution < -0.4 is 10.1 Å². The van der Waals surface area contributed by atoms with E-state index in [-0.39, 0.29) is 5.88 Å². The van der Waals surface area contributed by atoms with Gasteiger partial charge in [-0.3, -0.25) is 0 Å². The van der Waals surface area contributed by atoms with E-state index in [2.05, 4.69) is 52.8 Å². The molecule has 4 heteroatoms. The summed E-state index contributed by atoms with van der Waals surface area (Å²) in [6, 6.07) is 16.2. The van der Waals surface area contributed by atoms with E-state index in [0.29, 0.717) is 0 Å². The molecule has 2 aromatic carbocycles. The normalized spacial score (nSPS) is 15.0. The van der Waals surface area contributed by atoms with Gasteiger partial charge in [0.2, 0.25) is 0 Å². The lowest BCUT2D eigenvalue weighted by Crippen LogP contribution is -2.24. The molecule has 0 unspecified atom stereocenters. The number of methoxy groups -OCH3 is 1. The zero-order valence-electron chi connectivity index (χ0n) is 15.5. The molecule has 0 amide bonds. The summed E-state index contributed by atoms with van der Waals surface area (Å²) >= 11 is 0. The Bertz CT molecular complexity index is 1000.